The Labute approximate surface area is 62.8 Å². The first-order valence-corrected chi connectivity index (χ1v) is 3.23. The van der Waals surface area contributed by atoms with Crippen LogP contribution in [0.3, 0.4) is 0 Å². The normalized spacial score (nSPS) is 21.4. The lowest BCUT2D eigenvalue weighted by Crippen LogP contribution is -2.35. The lowest BCUT2D eigenvalue weighted by Gasteiger charge is -2.09. The molecular formula is C5H4N4S. The molecule has 0 saturated heterocycles. The molecule has 0 fully saturated rings. The molecule has 0 aliphatic carbocycles. The van der Waals surface area contributed by atoms with Crippen molar-refractivity contribution < 1.29 is 0 Å². The van der Waals surface area contributed by atoms with E-state index in [1.807, 2.05) is 0 Å². The molecular weight excluding hydrogens is 148 g/mol. The fourth-order valence-corrected chi connectivity index (χ4v) is 0.957. The Morgan fingerprint density at radius 3 is 3.40 bits per heavy atom. The maximum absolute atomic E-state index is 4.80. The summed E-state index contributed by atoms with van der Waals surface area (Å²) < 4.78 is 0. The smallest absolute Gasteiger partial charge is 0.195 e. The van der Waals surface area contributed by atoms with Crippen LogP contribution in [0, 0.1) is 0 Å². The second-order valence-electron chi connectivity index (χ2n) is 1.91. The Morgan fingerprint density at radius 1 is 1.60 bits per heavy atom. The second kappa shape index (κ2) is 1.95. The monoisotopic (exact) mass is 152 g/mol. The van der Waals surface area contributed by atoms with Gasteiger partial charge in [0.15, 0.2) is 10.9 Å². The first kappa shape index (κ1) is 5.67. The Bertz CT molecular complexity index is 275. The molecule has 10 heavy (non-hydrogen) atoms. The van der Waals surface area contributed by atoms with Crippen molar-refractivity contribution in [3.05, 3.63) is 0 Å². The summed E-state index contributed by atoms with van der Waals surface area (Å²) in [5.41, 5.74) is 0.869. The van der Waals surface area contributed by atoms with Crippen LogP contribution in [0.4, 0.5) is 0 Å². The molecule has 2 rings (SSSR count). The van der Waals surface area contributed by atoms with E-state index >= 15 is 0 Å². The molecule has 0 saturated carbocycles. The van der Waals surface area contributed by atoms with Gasteiger partial charge in [0.1, 0.15) is 12.1 Å². The van der Waals surface area contributed by atoms with Crippen molar-refractivity contribution in [1.29, 1.82) is 0 Å². The van der Waals surface area contributed by atoms with E-state index in [-0.39, 0.29) is 0 Å². The summed E-state index contributed by atoms with van der Waals surface area (Å²) in [4.78, 5) is 11.8. The third kappa shape index (κ3) is 0.750. The minimum Gasteiger partial charge on any atom is -0.355 e. The van der Waals surface area contributed by atoms with Crippen LogP contribution in [0.25, 0.3) is 0 Å². The summed E-state index contributed by atoms with van der Waals surface area (Å²) >= 11 is 4.80. The zero-order valence-electron chi connectivity index (χ0n) is 5.03. The van der Waals surface area contributed by atoms with E-state index in [1.54, 1.807) is 0 Å². The average molecular weight is 152 g/mol. The van der Waals surface area contributed by atoms with Crippen molar-refractivity contribution in [2.75, 3.05) is 6.54 Å². The van der Waals surface area contributed by atoms with Gasteiger partial charge in [-0.1, -0.05) is 0 Å². The average Bonchev–Trinajstić information content (AvgIpc) is 2.33. The van der Waals surface area contributed by atoms with E-state index in [0.29, 0.717) is 17.5 Å². The van der Waals surface area contributed by atoms with E-state index in [0.717, 1.165) is 5.71 Å². The number of thiocarbonyl (C=S) groups is 1. The van der Waals surface area contributed by atoms with E-state index in [2.05, 4.69) is 20.3 Å². The molecule has 0 aromatic rings. The number of amidine groups is 1. The molecule has 0 unspecified atom stereocenters. The molecule has 2 aliphatic rings. The van der Waals surface area contributed by atoms with Crippen molar-refractivity contribution in [2.24, 2.45) is 15.0 Å². The Balaban J connectivity index is 2.43. The standard InChI is InChI=1S/C5H4N4S/c10-5-6-1-3-4(9-5)8-2-7-3/h2H,1H2,(H,6,10). The van der Waals surface area contributed by atoms with Crippen molar-refractivity contribution >= 4 is 35.2 Å². The summed E-state index contributed by atoms with van der Waals surface area (Å²) in [6.07, 6.45) is 1.49. The second-order valence-corrected chi connectivity index (χ2v) is 2.30. The van der Waals surface area contributed by atoms with Gasteiger partial charge in [0.25, 0.3) is 0 Å². The van der Waals surface area contributed by atoms with E-state index in [9.17, 15) is 0 Å². The van der Waals surface area contributed by atoms with Crippen molar-refractivity contribution in [1.82, 2.24) is 5.32 Å². The molecule has 0 aromatic heterocycles. The topological polar surface area (TPSA) is 49.1 Å². The number of nitrogens with one attached hydrogen (secondary N) is 1. The number of fused-ring (bicyclic) bond motifs is 1. The van der Waals surface area contributed by atoms with E-state index in [4.69, 9.17) is 12.2 Å². The number of nitrogens with zero attached hydrogens (tertiary/aromatic N) is 3. The van der Waals surface area contributed by atoms with E-state index in [1.165, 1.54) is 6.34 Å². The summed E-state index contributed by atoms with van der Waals surface area (Å²) in [5.74, 6) is 0.656. The summed E-state index contributed by atoms with van der Waals surface area (Å²) in [7, 11) is 0. The van der Waals surface area contributed by atoms with Gasteiger partial charge in [0, 0.05) is 0 Å². The van der Waals surface area contributed by atoms with Crippen LogP contribution < -0.4 is 5.32 Å². The minimum atomic E-state index is 0.494. The van der Waals surface area contributed by atoms with E-state index < -0.39 is 0 Å². The molecule has 4 nitrogen and oxygen atoms in total. The van der Waals surface area contributed by atoms with Crippen LogP contribution in [0.1, 0.15) is 0 Å². The van der Waals surface area contributed by atoms with Crippen LogP contribution in [0.2, 0.25) is 0 Å². The van der Waals surface area contributed by atoms with Gasteiger partial charge >= 0.3 is 0 Å². The maximum atomic E-state index is 4.80. The fourth-order valence-electron chi connectivity index (χ4n) is 0.799. The molecule has 0 aromatic carbocycles. The summed E-state index contributed by atoms with van der Waals surface area (Å²) in [5, 5.41) is 3.38. The van der Waals surface area contributed by atoms with Crippen LogP contribution in [-0.4, -0.2) is 29.5 Å². The predicted octanol–water partition coefficient (Wildman–Crippen LogP) is -0.244. The zero-order chi connectivity index (χ0) is 6.97. The highest BCUT2D eigenvalue weighted by molar-refractivity contribution is 7.80. The number of hydrogen-bond donors (Lipinski definition) is 1. The Morgan fingerprint density at radius 2 is 2.50 bits per heavy atom. The molecule has 0 spiro atoms. The van der Waals surface area contributed by atoms with Gasteiger partial charge in [-0.25, -0.2) is 9.98 Å². The van der Waals surface area contributed by atoms with Crippen LogP contribution >= 0.6 is 12.2 Å². The molecule has 2 aliphatic heterocycles. The van der Waals surface area contributed by atoms with Gasteiger partial charge in [-0.05, 0) is 12.2 Å². The molecule has 0 radical (unpaired) electrons. The first-order valence-electron chi connectivity index (χ1n) is 2.82. The third-order valence-electron chi connectivity index (χ3n) is 1.27. The predicted molar refractivity (Wildman–Crippen MR) is 44.0 cm³/mol. The molecule has 0 bridgehead atoms. The van der Waals surface area contributed by atoms with Crippen LogP contribution in [0.5, 0.6) is 0 Å². The summed E-state index contributed by atoms with van der Waals surface area (Å²) in [6, 6.07) is 0. The van der Waals surface area contributed by atoms with Crippen LogP contribution in [-0.2, 0) is 0 Å². The highest BCUT2D eigenvalue weighted by atomic mass is 32.1. The fraction of sp³-hybridized carbons (Fsp3) is 0.200. The third-order valence-corrected chi connectivity index (χ3v) is 1.50. The molecule has 1 N–H and O–H groups in total. The quantitative estimate of drug-likeness (QED) is 0.487. The molecule has 50 valence electrons. The minimum absolute atomic E-state index is 0.494. The molecule has 2 heterocycles. The largest absolute Gasteiger partial charge is 0.355 e. The van der Waals surface area contributed by atoms with Crippen molar-refractivity contribution in [3.63, 3.8) is 0 Å². The number of rotatable bonds is 0. The van der Waals surface area contributed by atoms with Crippen molar-refractivity contribution in [2.45, 2.75) is 0 Å². The molecule has 0 amide bonds. The lowest BCUT2D eigenvalue weighted by molar-refractivity contribution is 1.08. The first-order chi connectivity index (χ1) is 4.86. The zero-order valence-corrected chi connectivity index (χ0v) is 5.85. The Kier molecular flexibility index (Phi) is 1.10. The van der Waals surface area contributed by atoms with Gasteiger partial charge in [-0.2, -0.15) is 4.99 Å². The SMILES string of the molecule is S=C1N=C2N=CN=C2CN1. The molecule has 0 atom stereocenters. The Hall–Kier alpha value is -1.10. The van der Waals surface area contributed by atoms with Crippen molar-refractivity contribution in [3.8, 4) is 0 Å². The van der Waals surface area contributed by atoms with Crippen LogP contribution in [0.15, 0.2) is 15.0 Å². The highest BCUT2D eigenvalue weighted by Gasteiger charge is 2.16. The van der Waals surface area contributed by atoms with Gasteiger partial charge in [-0.3, -0.25) is 0 Å². The van der Waals surface area contributed by atoms with Gasteiger partial charge < -0.3 is 5.32 Å². The van der Waals surface area contributed by atoms with Gasteiger partial charge in [-0.15, -0.1) is 0 Å². The highest BCUT2D eigenvalue weighted by Crippen LogP contribution is 1.99. The number of hydrogen-bond acceptors (Lipinski definition) is 3. The molecule has 5 heteroatoms. The maximum Gasteiger partial charge on any atom is 0.195 e. The lowest BCUT2D eigenvalue weighted by atomic mass is 10.3. The number of aliphatic imine (C=N–C) groups is 3. The van der Waals surface area contributed by atoms with Gasteiger partial charge in [0.05, 0.1) is 6.54 Å². The summed E-state index contributed by atoms with van der Waals surface area (Å²) in [6.45, 7) is 0.650. The van der Waals surface area contributed by atoms with Gasteiger partial charge in [0.2, 0.25) is 0 Å².